The van der Waals surface area contributed by atoms with Crippen LogP contribution in [0.15, 0.2) is 24.3 Å². The van der Waals surface area contributed by atoms with Gasteiger partial charge in [0.2, 0.25) is 5.91 Å². The van der Waals surface area contributed by atoms with Gasteiger partial charge in [-0.05, 0) is 50.3 Å². The van der Waals surface area contributed by atoms with E-state index in [9.17, 15) is 14.7 Å². The van der Waals surface area contributed by atoms with E-state index in [1.807, 2.05) is 0 Å². The Kier molecular flexibility index (Phi) is 16.5. The lowest BCUT2D eigenvalue weighted by Gasteiger charge is -2.14. The maximum atomic E-state index is 12.2. The molecular weight excluding hydrogens is 414 g/mol. The van der Waals surface area contributed by atoms with Gasteiger partial charge in [-0.2, -0.15) is 0 Å². The number of nitrogens with one attached hydrogen (secondary N) is 1. The van der Waals surface area contributed by atoms with Crippen LogP contribution in [0.1, 0.15) is 102 Å². The zero-order valence-electron chi connectivity index (χ0n) is 20.7. The number of hydrogen-bond acceptors (Lipinski definition) is 3. The minimum Gasteiger partial charge on any atom is -0.489 e. The Morgan fingerprint density at radius 3 is 2.09 bits per heavy atom. The number of carboxylic acids is 1. The van der Waals surface area contributed by atoms with E-state index in [1.165, 1.54) is 64.9 Å². The van der Waals surface area contributed by atoms with Crippen molar-refractivity contribution in [2.45, 2.75) is 109 Å². The number of ether oxygens (including phenoxy) is 1. The first-order valence-corrected chi connectivity index (χ1v) is 12.7. The van der Waals surface area contributed by atoms with Crippen molar-refractivity contribution in [2.75, 3.05) is 7.11 Å². The van der Waals surface area contributed by atoms with E-state index in [4.69, 9.17) is 4.74 Å². The molecule has 0 saturated heterocycles. The molecule has 0 radical (unpaired) electrons. The average molecular weight is 458 g/mol. The lowest BCUT2D eigenvalue weighted by atomic mass is 10.1. The third-order valence-electron chi connectivity index (χ3n) is 5.73. The third-order valence-corrected chi connectivity index (χ3v) is 5.73. The molecule has 184 valence electrons. The van der Waals surface area contributed by atoms with E-state index in [0.717, 1.165) is 25.7 Å². The highest BCUT2D eigenvalue weighted by Crippen LogP contribution is 2.11. The molecule has 0 fully saturated rings. The second-order valence-electron chi connectivity index (χ2n) is 8.67. The second-order valence-corrected chi connectivity index (χ2v) is 8.67. The molecule has 5 nitrogen and oxygen atoms in total. The molecule has 33 heavy (non-hydrogen) atoms. The van der Waals surface area contributed by atoms with Crippen molar-refractivity contribution >= 4 is 11.9 Å². The van der Waals surface area contributed by atoms with Crippen LogP contribution < -0.4 is 10.1 Å². The minimum absolute atomic E-state index is 0.175. The van der Waals surface area contributed by atoms with Crippen molar-refractivity contribution in [3.63, 3.8) is 0 Å². The first-order chi connectivity index (χ1) is 16.1. The van der Waals surface area contributed by atoms with Gasteiger partial charge in [0.05, 0.1) is 7.11 Å². The van der Waals surface area contributed by atoms with Crippen molar-refractivity contribution in [3.8, 4) is 5.75 Å². The molecule has 1 aromatic carbocycles. The number of aliphatic carboxylic acids is 1. The van der Waals surface area contributed by atoms with Crippen molar-refractivity contribution in [1.82, 2.24) is 5.32 Å². The predicted octanol–water partition coefficient (Wildman–Crippen LogP) is 6.44. The Labute approximate surface area is 201 Å². The summed E-state index contributed by atoms with van der Waals surface area (Å²) in [6.45, 7) is 2.25. The highest BCUT2D eigenvalue weighted by Gasteiger charge is 2.20. The number of amides is 1. The first kappa shape index (κ1) is 28.6. The Balaban J connectivity index is 2.06. The molecule has 1 unspecified atom stereocenters. The lowest BCUT2D eigenvalue weighted by Crippen LogP contribution is -2.42. The number of carboxylic acid groups (broad SMARTS) is 1. The number of carbonyl (C=O) groups is 2. The average Bonchev–Trinajstić information content (AvgIpc) is 2.81. The third kappa shape index (κ3) is 15.1. The summed E-state index contributed by atoms with van der Waals surface area (Å²) in [6.07, 6.45) is 20.8. The van der Waals surface area contributed by atoms with Gasteiger partial charge in [0.15, 0.2) is 5.75 Å². The molecule has 0 spiro atoms. The number of methoxy groups -OCH3 is 1. The fourth-order valence-electron chi connectivity index (χ4n) is 3.68. The van der Waals surface area contributed by atoms with Gasteiger partial charge in [-0.15, -0.1) is 0 Å². The molecule has 2 N–H and O–H groups in total. The molecule has 1 aromatic rings. The summed E-state index contributed by atoms with van der Waals surface area (Å²) < 4.78 is 5.03. The van der Waals surface area contributed by atoms with E-state index in [-0.39, 0.29) is 12.3 Å². The van der Waals surface area contributed by atoms with Crippen LogP contribution in [-0.2, 0) is 16.0 Å². The largest absolute Gasteiger partial charge is 0.489 e. The summed E-state index contributed by atoms with van der Waals surface area (Å²) in [5.74, 6) is -0.714. The first-order valence-electron chi connectivity index (χ1n) is 12.7. The maximum Gasteiger partial charge on any atom is 0.326 e. The Morgan fingerprint density at radius 2 is 1.55 bits per heavy atom. The van der Waals surface area contributed by atoms with Gasteiger partial charge >= 0.3 is 5.97 Å². The molecule has 0 aromatic heterocycles. The van der Waals surface area contributed by atoms with Gasteiger partial charge in [-0.25, -0.2) is 4.79 Å². The highest BCUT2D eigenvalue weighted by atomic mass is 16.5. The van der Waals surface area contributed by atoms with Crippen LogP contribution in [0.3, 0.4) is 0 Å². The summed E-state index contributed by atoms with van der Waals surface area (Å²) in [5.41, 5.74) is 0.671. The molecule has 0 saturated carbocycles. The molecule has 1 atom stereocenters. The molecule has 0 aliphatic rings. The molecule has 0 bridgehead atoms. The zero-order valence-corrected chi connectivity index (χ0v) is 20.7. The highest BCUT2D eigenvalue weighted by molar-refractivity contribution is 5.83. The predicted molar refractivity (Wildman–Crippen MR) is 133 cm³/mol. The van der Waals surface area contributed by atoms with Crippen LogP contribution in [0.5, 0.6) is 5.75 Å². The van der Waals surface area contributed by atoms with Gasteiger partial charge in [-0.3, -0.25) is 4.79 Å². The summed E-state index contributed by atoms with van der Waals surface area (Å²) >= 11 is 0. The zero-order chi connectivity index (χ0) is 24.2. The molecular formula is C28H43NO4. The second kappa shape index (κ2) is 19.0. The Morgan fingerprint density at radius 1 is 0.939 bits per heavy atom. The number of hydrogen-bond donors (Lipinski definition) is 2. The van der Waals surface area contributed by atoms with Gasteiger partial charge in [0.25, 0.3) is 0 Å². The fourth-order valence-corrected chi connectivity index (χ4v) is 3.68. The SMILES string of the molecule is CCCCCCCC/C=C/CCCCCCCC(=O)NC(Cc1c#cc(OC)cc1)C(=O)O. The quantitative estimate of drug-likeness (QED) is 0.174. The summed E-state index contributed by atoms with van der Waals surface area (Å²) in [4.78, 5) is 23.7. The van der Waals surface area contributed by atoms with Crippen LogP contribution in [0.25, 0.3) is 0 Å². The van der Waals surface area contributed by atoms with Gasteiger partial charge in [-0.1, -0.05) is 76.5 Å². The van der Waals surface area contributed by atoms with E-state index in [1.54, 1.807) is 12.1 Å². The Bertz CT molecular complexity index is 669. The summed E-state index contributed by atoms with van der Waals surface area (Å²) in [5, 5.41) is 12.0. The van der Waals surface area contributed by atoms with Crippen LogP contribution in [0, 0.1) is 12.1 Å². The Hall–Kier alpha value is -2.48. The molecule has 0 heterocycles. The van der Waals surface area contributed by atoms with Crippen molar-refractivity contribution in [3.05, 3.63) is 42.0 Å². The molecule has 1 rings (SSSR count). The van der Waals surface area contributed by atoms with Crippen molar-refractivity contribution in [1.29, 1.82) is 0 Å². The number of unbranched alkanes of at least 4 members (excludes halogenated alkanes) is 11. The van der Waals surface area contributed by atoms with Crippen LogP contribution in [-0.4, -0.2) is 30.1 Å². The molecule has 0 aliphatic carbocycles. The van der Waals surface area contributed by atoms with Gasteiger partial charge < -0.3 is 15.2 Å². The van der Waals surface area contributed by atoms with Crippen molar-refractivity contribution in [2.24, 2.45) is 0 Å². The van der Waals surface area contributed by atoms with Crippen LogP contribution >= 0.6 is 0 Å². The maximum absolute atomic E-state index is 12.2. The van der Waals surface area contributed by atoms with Crippen LogP contribution in [0.2, 0.25) is 0 Å². The van der Waals surface area contributed by atoms with E-state index in [2.05, 4.69) is 36.5 Å². The number of carbonyl (C=O) groups excluding carboxylic acids is 1. The minimum atomic E-state index is -1.04. The summed E-state index contributed by atoms with van der Waals surface area (Å²) in [7, 11) is 1.54. The fraction of sp³-hybridized carbons (Fsp3) is 0.643. The van der Waals surface area contributed by atoms with E-state index < -0.39 is 12.0 Å². The van der Waals surface area contributed by atoms with E-state index >= 15 is 0 Å². The lowest BCUT2D eigenvalue weighted by molar-refractivity contribution is -0.141. The smallest absolute Gasteiger partial charge is 0.326 e. The van der Waals surface area contributed by atoms with Crippen LogP contribution in [0.4, 0.5) is 0 Å². The molecule has 0 aliphatic heterocycles. The molecule has 5 heteroatoms. The number of allylic oxidation sites excluding steroid dienone is 2. The topological polar surface area (TPSA) is 75.6 Å². The molecule has 1 amide bonds. The van der Waals surface area contributed by atoms with Crippen molar-refractivity contribution < 1.29 is 19.4 Å². The van der Waals surface area contributed by atoms with E-state index in [0.29, 0.717) is 17.7 Å². The van der Waals surface area contributed by atoms with Gasteiger partial charge in [0.1, 0.15) is 6.04 Å². The monoisotopic (exact) mass is 457 g/mol. The standard InChI is InChI=1S/C28H43NO4/c1-3-4-5-6-7-8-9-10-11-12-13-14-15-16-17-18-27(30)29-26(28(31)32)23-24-19-21-25(33-2)22-20-24/h10-11,19,21,26H,3-9,12-18,23H2,1-2H3,(H,29,30)(H,31,32)/b11-10+. The van der Waals surface area contributed by atoms with Gasteiger partial charge in [0, 0.05) is 18.4 Å². The summed E-state index contributed by atoms with van der Waals surface area (Å²) in [6, 6.07) is 8.17. The number of rotatable bonds is 20. The normalized spacial score (nSPS) is 11.8.